The summed E-state index contributed by atoms with van der Waals surface area (Å²) in [5, 5.41) is 2.69. The summed E-state index contributed by atoms with van der Waals surface area (Å²) in [4.78, 5) is 25.3. The van der Waals surface area contributed by atoms with Crippen molar-refractivity contribution in [2.24, 2.45) is 0 Å². The van der Waals surface area contributed by atoms with Gasteiger partial charge in [-0.3, -0.25) is 9.59 Å². The van der Waals surface area contributed by atoms with Crippen LogP contribution in [0.3, 0.4) is 0 Å². The fourth-order valence-corrected chi connectivity index (χ4v) is 2.77. The Balaban J connectivity index is 1.83. The highest BCUT2D eigenvalue weighted by atomic mass is 16.2. The Kier molecular flexibility index (Phi) is 5.37. The number of amides is 1. The molecule has 1 amide bonds. The zero-order valence-electron chi connectivity index (χ0n) is 13.8. The van der Waals surface area contributed by atoms with E-state index in [0.717, 1.165) is 11.1 Å². The third-order valence-corrected chi connectivity index (χ3v) is 4.06. The van der Waals surface area contributed by atoms with Crippen molar-refractivity contribution in [1.29, 1.82) is 0 Å². The molecular weight excluding hydrogens is 310 g/mol. The lowest BCUT2D eigenvalue weighted by molar-refractivity contribution is -0.135. The van der Waals surface area contributed by atoms with Gasteiger partial charge in [0.2, 0.25) is 5.78 Å². The van der Waals surface area contributed by atoms with Crippen molar-refractivity contribution in [2.45, 2.75) is 12.3 Å². The first kappa shape index (κ1) is 16.7. The zero-order chi connectivity index (χ0) is 17.5. The summed E-state index contributed by atoms with van der Waals surface area (Å²) in [6.07, 6.45) is 0.492. The van der Waals surface area contributed by atoms with Crippen LogP contribution < -0.4 is 5.32 Å². The minimum atomic E-state index is -0.587. The van der Waals surface area contributed by atoms with Gasteiger partial charge in [0.25, 0.3) is 5.91 Å². The van der Waals surface area contributed by atoms with E-state index in [0.29, 0.717) is 12.1 Å². The van der Waals surface area contributed by atoms with Crippen molar-refractivity contribution < 1.29 is 9.59 Å². The van der Waals surface area contributed by atoms with E-state index in [1.54, 1.807) is 12.1 Å². The predicted molar refractivity (Wildman–Crippen MR) is 99.4 cm³/mol. The second-order valence-electron chi connectivity index (χ2n) is 5.84. The van der Waals surface area contributed by atoms with Gasteiger partial charge in [-0.25, -0.2) is 0 Å². The van der Waals surface area contributed by atoms with Crippen LogP contribution in [-0.4, -0.2) is 11.7 Å². The lowest BCUT2D eigenvalue weighted by Crippen LogP contribution is -2.29. The Morgan fingerprint density at radius 2 is 1.24 bits per heavy atom. The monoisotopic (exact) mass is 329 g/mol. The first-order valence-electron chi connectivity index (χ1n) is 8.23. The van der Waals surface area contributed by atoms with Gasteiger partial charge in [0.15, 0.2) is 0 Å². The topological polar surface area (TPSA) is 46.2 Å². The van der Waals surface area contributed by atoms with Crippen molar-refractivity contribution in [3.63, 3.8) is 0 Å². The Bertz CT molecular complexity index is 830. The molecule has 0 radical (unpaired) electrons. The second kappa shape index (κ2) is 8.06. The van der Waals surface area contributed by atoms with Gasteiger partial charge in [-0.1, -0.05) is 78.9 Å². The van der Waals surface area contributed by atoms with Crippen LogP contribution in [0.5, 0.6) is 0 Å². The lowest BCUT2D eigenvalue weighted by Gasteiger charge is -2.16. The Hall–Kier alpha value is -3.20. The molecule has 0 fully saturated rings. The minimum Gasteiger partial charge on any atom is -0.319 e. The van der Waals surface area contributed by atoms with Crippen LogP contribution in [0.25, 0.3) is 0 Å². The van der Waals surface area contributed by atoms with Gasteiger partial charge in [-0.2, -0.15) is 0 Å². The summed E-state index contributed by atoms with van der Waals surface area (Å²) in [6, 6.07) is 28.2. The van der Waals surface area contributed by atoms with E-state index in [4.69, 9.17) is 0 Å². The third kappa shape index (κ3) is 4.42. The van der Waals surface area contributed by atoms with E-state index >= 15 is 0 Å². The molecule has 3 aromatic carbocycles. The molecular formula is C22H19NO2. The largest absolute Gasteiger partial charge is 0.319 e. The summed E-state index contributed by atoms with van der Waals surface area (Å²) in [7, 11) is 0. The van der Waals surface area contributed by atoms with Crippen LogP contribution in [-0.2, 0) is 16.0 Å². The van der Waals surface area contributed by atoms with Crippen molar-refractivity contribution in [1.82, 2.24) is 0 Å². The number of carbonyl (C=O) groups excluding carboxylic acids is 2. The molecule has 0 saturated heterocycles. The number of ketones is 1. The maximum absolute atomic E-state index is 12.8. The second-order valence-corrected chi connectivity index (χ2v) is 5.84. The Labute approximate surface area is 147 Å². The molecule has 0 aromatic heterocycles. The lowest BCUT2D eigenvalue weighted by atomic mass is 9.88. The highest BCUT2D eigenvalue weighted by molar-refractivity contribution is 6.42. The molecule has 3 rings (SSSR count). The highest BCUT2D eigenvalue weighted by Crippen LogP contribution is 2.23. The number of Topliss-reactive ketones (excluding diaryl/α,β-unsaturated/α-hetero) is 1. The van der Waals surface area contributed by atoms with Crippen LogP contribution in [0.2, 0.25) is 0 Å². The molecule has 0 saturated carbocycles. The van der Waals surface area contributed by atoms with E-state index in [2.05, 4.69) is 5.32 Å². The molecule has 0 aliphatic carbocycles. The molecule has 0 bridgehead atoms. The summed E-state index contributed by atoms with van der Waals surface area (Å²) >= 11 is 0. The van der Waals surface area contributed by atoms with E-state index in [1.807, 2.05) is 78.9 Å². The van der Waals surface area contributed by atoms with Crippen LogP contribution in [0.15, 0.2) is 91.0 Å². The molecule has 0 spiro atoms. The van der Waals surface area contributed by atoms with Gasteiger partial charge in [0.05, 0.1) is 5.92 Å². The van der Waals surface area contributed by atoms with Crippen LogP contribution in [0.4, 0.5) is 5.69 Å². The van der Waals surface area contributed by atoms with Crippen LogP contribution in [0, 0.1) is 0 Å². The maximum atomic E-state index is 12.8. The number of benzene rings is 3. The Morgan fingerprint density at radius 3 is 1.84 bits per heavy atom. The maximum Gasteiger partial charge on any atom is 0.292 e. The van der Waals surface area contributed by atoms with E-state index in [9.17, 15) is 9.59 Å². The fraction of sp³-hybridized carbons (Fsp3) is 0.0909. The molecule has 0 aliphatic heterocycles. The number of para-hydroxylation sites is 1. The van der Waals surface area contributed by atoms with Gasteiger partial charge in [0.1, 0.15) is 0 Å². The molecule has 25 heavy (non-hydrogen) atoms. The summed E-state index contributed by atoms with van der Waals surface area (Å²) in [5.41, 5.74) is 2.49. The first-order valence-corrected chi connectivity index (χ1v) is 8.23. The smallest absolute Gasteiger partial charge is 0.292 e. The SMILES string of the molecule is O=C(Nc1ccccc1)C(=O)C(Cc1ccccc1)c1ccccc1. The highest BCUT2D eigenvalue weighted by Gasteiger charge is 2.27. The van der Waals surface area contributed by atoms with Gasteiger partial charge in [-0.15, -0.1) is 0 Å². The van der Waals surface area contributed by atoms with Crippen LogP contribution >= 0.6 is 0 Å². The number of hydrogen-bond acceptors (Lipinski definition) is 2. The quantitative estimate of drug-likeness (QED) is 0.688. The molecule has 1 N–H and O–H groups in total. The van der Waals surface area contributed by atoms with E-state index in [-0.39, 0.29) is 0 Å². The average Bonchev–Trinajstić information content (AvgIpc) is 2.68. The summed E-state index contributed by atoms with van der Waals surface area (Å²) in [6.45, 7) is 0. The fourth-order valence-electron chi connectivity index (χ4n) is 2.77. The number of anilines is 1. The van der Waals surface area contributed by atoms with Gasteiger partial charge < -0.3 is 5.32 Å². The van der Waals surface area contributed by atoms with E-state index in [1.165, 1.54) is 0 Å². The number of hydrogen-bond donors (Lipinski definition) is 1. The van der Waals surface area contributed by atoms with Crippen molar-refractivity contribution in [3.05, 3.63) is 102 Å². The third-order valence-electron chi connectivity index (χ3n) is 4.06. The van der Waals surface area contributed by atoms with Crippen LogP contribution in [0.1, 0.15) is 17.0 Å². The predicted octanol–water partition coefficient (Wildman–Crippen LogP) is 4.22. The van der Waals surface area contributed by atoms with Gasteiger partial charge in [0, 0.05) is 5.69 Å². The molecule has 3 nitrogen and oxygen atoms in total. The zero-order valence-corrected chi connectivity index (χ0v) is 13.8. The molecule has 1 atom stereocenters. The summed E-state index contributed by atoms with van der Waals surface area (Å²) in [5.74, 6) is -1.53. The number of rotatable bonds is 6. The van der Waals surface area contributed by atoms with E-state index < -0.39 is 17.6 Å². The average molecular weight is 329 g/mol. The molecule has 3 heteroatoms. The molecule has 0 heterocycles. The minimum absolute atomic E-state index is 0.432. The van der Waals surface area contributed by atoms with Crippen molar-refractivity contribution in [3.8, 4) is 0 Å². The number of nitrogens with one attached hydrogen (secondary N) is 1. The summed E-state index contributed by atoms with van der Waals surface area (Å²) < 4.78 is 0. The Morgan fingerprint density at radius 1 is 0.720 bits per heavy atom. The standard InChI is InChI=1S/C22H19NO2/c24-21(22(25)23-19-14-8-3-9-15-19)20(18-12-6-2-7-13-18)16-17-10-4-1-5-11-17/h1-15,20H,16H2,(H,23,25). The van der Waals surface area contributed by atoms with Crippen molar-refractivity contribution in [2.75, 3.05) is 5.32 Å². The van der Waals surface area contributed by atoms with Crippen molar-refractivity contribution >= 4 is 17.4 Å². The van der Waals surface area contributed by atoms with Gasteiger partial charge in [-0.05, 0) is 29.7 Å². The molecule has 0 aliphatic rings. The molecule has 3 aromatic rings. The molecule has 124 valence electrons. The molecule has 1 unspecified atom stereocenters. The first-order chi connectivity index (χ1) is 12.2. The van der Waals surface area contributed by atoms with Gasteiger partial charge >= 0.3 is 0 Å². The number of carbonyl (C=O) groups is 2. The normalized spacial score (nSPS) is 11.5.